The van der Waals surface area contributed by atoms with Crippen LogP contribution in [0.25, 0.3) is 0 Å². The number of nitrogens with one attached hydrogen (secondary N) is 1. The number of carbonyl (C=O) groups excluding carboxylic acids is 2. The first kappa shape index (κ1) is 26.3. The summed E-state index contributed by atoms with van der Waals surface area (Å²) in [5.74, 6) is -1.24. The first-order chi connectivity index (χ1) is 15.6. The maximum atomic E-state index is 13.5. The second-order valence-corrected chi connectivity index (χ2v) is 9.83. The predicted molar refractivity (Wildman–Crippen MR) is 128 cm³/mol. The van der Waals surface area contributed by atoms with Gasteiger partial charge in [-0.2, -0.15) is 0 Å². The number of amides is 2. The van der Waals surface area contributed by atoms with Crippen molar-refractivity contribution < 1.29 is 22.4 Å². The largest absolute Gasteiger partial charge is 0.354 e. The number of hydrogen-bond acceptors (Lipinski definition) is 4. The average molecular weight is 478 g/mol. The smallest absolute Gasteiger partial charge is 0.244 e. The van der Waals surface area contributed by atoms with Crippen molar-refractivity contribution in [2.45, 2.75) is 46.2 Å². The van der Waals surface area contributed by atoms with Crippen LogP contribution in [0.3, 0.4) is 0 Å². The van der Waals surface area contributed by atoms with Crippen LogP contribution in [-0.2, 0) is 26.2 Å². The maximum Gasteiger partial charge on any atom is 0.244 e. The van der Waals surface area contributed by atoms with E-state index >= 15 is 0 Å². The molecule has 9 heteroatoms. The van der Waals surface area contributed by atoms with Crippen molar-refractivity contribution >= 4 is 27.5 Å². The molecular formula is C24H32FN3O4S. The van der Waals surface area contributed by atoms with Gasteiger partial charge in [0.1, 0.15) is 18.4 Å². The topological polar surface area (TPSA) is 86.8 Å². The quantitative estimate of drug-likeness (QED) is 0.538. The molecule has 0 spiro atoms. The molecule has 0 aliphatic heterocycles. The van der Waals surface area contributed by atoms with Crippen LogP contribution in [-0.4, -0.2) is 50.5 Å². The van der Waals surface area contributed by atoms with E-state index in [2.05, 4.69) is 5.32 Å². The Bertz CT molecular complexity index is 1060. The summed E-state index contributed by atoms with van der Waals surface area (Å²) in [6, 6.07) is 11.7. The zero-order valence-corrected chi connectivity index (χ0v) is 20.4. The van der Waals surface area contributed by atoms with Gasteiger partial charge in [-0.05, 0) is 49.1 Å². The summed E-state index contributed by atoms with van der Waals surface area (Å²) in [5, 5.41) is 2.81. The minimum absolute atomic E-state index is 0.0442. The maximum absolute atomic E-state index is 13.5. The van der Waals surface area contributed by atoms with Crippen molar-refractivity contribution in [3.63, 3.8) is 0 Å². The van der Waals surface area contributed by atoms with Gasteiger partial charge >= 0.3 is 0 Å². The van der Waals surface area contributed by atoms with Gasteiger partial charge in [0.2, 0.25) is 21.8 Å². The molecule has 0 radical (unpaired) electrons. The van der Waals surface area contributed by atoms with Crippen LogP contribution in [0.15, 0.2) is 48.5 Å². The highest BCUT2D eigenvalue weighted by molar-refractivity contribution is 7.92. The summed E-state index contributed by atoms with van der Waals surface area (Å²) in [6.07, 6.45) is 2.12. The van der Waals surface area contributed by atoms with Crippen molar-refractivity contribution in [3.05, 3.63) is 65.5 Å². The Morgan fingerprint density at radius 2 is 1.70 bits per heavy atom. The molecule has 2 amide bonds. The lowest BCUT2D eigenvalue weighted by atomic mass is 10.1. The third kappa shape index (κ3) is 7.28. The summed E-state index contributed by atoms with van der Waals surface area (Å²) in [4.78, 5) is 27.7. The van der Waals surface area contributed by atoms with Crippen molar-refractivity contribution in [2.24, 2.45) is 0 Å². The molecule has 2 aromatic carbocycles. The summed E-state index contributed by atoms with van der Waals surface area (Å²) < 4.78 is 39.6. The van der Waals surface area contributed by atoms with Gasteiger partial charge in [0.05, 0.1) is 11.9 Å². The molecule has 0 unspecified atom stereocenters. The molecule has 0 saturated heterocycles. The molecule has 0 aliphatic carbocycles. The van der Waals surface area contributed by atoms with Crippen LogP contribution in [0, 0.1) is 12.7 Å². The highest BCUT2D eigenvalue weighted by Gasteiger charge is 2.31. The van der Waals surface area contributed by atoms with E-state index in [1.807, 2.05) is 6.92 Å². The number of para-hydroxylation sites is 1. The lowest BCUT2D eigenvalue weighted by molar-refractivity contribution is -0.140. The Kier molecular flexibility index (Phi) is 9.40. The third-order valence-corrected chi connectivity index (χ3v) is 6.39. The molecule has 0 fully saturated rings. The second kappa shape index (κ2) is 11.8. The van der Waals surface area contributed by atoms with E-state index in [0.717, 1.165) is 17.0 Å². The van der Waals surface area contributed by atoms with E-state index in [4.69, 9.17) is 0 Å². The molecule has 33 heavy (non-hydrogen) atoms. The van der Waals surface area contributed by atoms with Crippen LogP contribution in [0.1, 0.15) is 37.8 Å². The monoisotopic (exact) mass is 477 g/mol. The highest BCUT2D eigenvalue weighted by atomic mass is 32.2. The Morgan fingerprint density at radius 1 is 1.06 bits per heavy atom. The first-order valence-corrected chi connectivity index (χ1v) is 12.8. The lowest BCUT2D eigenvalue weighted by Gasteiger charge is -2.33. The molecule has 7 nitrogen and oxygen atoms in total. The molecule has 0 aromatic heterocycles. The van der Waals surface area contributed by atoms with Crippen molar-refractivity contribution in [1.82, 2.24) is 10.2 Å². The fraction of sp³-hybridized carbons (Fsp3) is 0.417. The number of aryl methyl sites for hydroxylation is 1. The molecular weight excluding hydrogens is 445 g/mol. The number of benzene rings is 2. The van der Waals surface area contributed by atoms with Crippen LogP contribution in [0.5, 0.6) is 0 Å². The molecule has 1 N–H and O–H groups in total. The molecule has 2 aromatic rings. The Morgan fingerprint density at radius 3 is 2.24 bits per heavy atom. The number of rotatable bonds is 11. The number of nitrogens with zero attached hydrogens (tertiary/aromatic N) is 2. The van der Waals surface area contributed by atoms with Gasteiger partial charge < -0.3 is 10.2 Å². The normalized spacial score (nSPS) is 12.2. The van der Waals surface area contributed by atoms with Crippen LogP contribution >= 0.6 is 0 Å². The number of anilines is 1. The van der Waals surface area contributed by atoms with Crippen molar-refractivity contribution in [3.8, 4) is 0 Å². The first-order valence-electron chi connectivity index (χ1n) is 10.9. The zero-order chi connectivity index (χ0) is 24.6. The molecule has 1 atom stereocenters. The van der Waals surface area contributed by atoms with Crippen LogP contribution in [0.2, 0.25) is 0 Å². The molecule has 180 valence electrons. The van der Waals surface area contributed by atoms with Gasteiger partial charge in [-0.3, -0.25) is 13.9 Å². The molecule has 0 bridgehead atoms. The van der Waals surface area contributed by atoms with Gasteiger partial charge in [-0.1, -0.05) is 44.2 Å². The fourth-order valence-electron chi connectivity index (χ4n) is 3.51. The number of sulfonamides is 1. The van der Waals surface area contributed by atoms with Gasteiger partial charge in [-0.25, -0.2) is 12.8 Å². The van der Waals surface area contributed by atoms with Gasteiger partial charge in [0.25, 0.3) is 0 Å². The average Bonchev–Trinajstić information content (AvgIpc) is 2.77. The van der Waals surface area contributed by atoms with Gasteiger partial charge in [0, 0.05) is 13.1 Å². The van der Waals surface area contributed by atoms with E-state index < -0.39 is 34.3 Å². The molecule has 0 heterocycles. The number of carbonyl (C=O) groups is 2. The van der Waals surface area contributed by atoms with E-state index in [1.165, 1.54) is 17.0 Å². The second-order valence-electron chi connectivity index (χ2n) is 7.92. The van der Waals surface area contributed by atoms with E-state index in [-0.39, 0.29) is 12.5 Å². The molecule has 0 aliphatic rings. The van der Waals surface area contributed by atoms with E-state index in [9.17, 15) is 22.4 Å². The van der Waals surface area contributed by atoms with Crippen LogP contribution in [0.4, 0.5) is 10.1 Å². The SMILES string of the molecule is CCCNC(=O)[C@@H](CC)N(Cc1ccc(F)cc1)C(=O)CN(c1ccccc1C)S(C)(=O)=O. The molecule has 2 rings (SSSR count). The summed E-state index contributed by atoms with van der Waals surface area (Å²) in [7, 11) is -3.78. The van der Waals surface area contributed by atoms with Crippen molar-refractivity contribution in [1.29, 1.82) is 0 Å². The Balaban J connectivity index is 2.42. The minimum atomic E-state index is -3.78. The summed E-state index contributed by atoms with van der Waals surface area (Å²) >= 11 is 0. The number of halogens is 1. The molecule has 0 saturated carbocycles. The van der Waals surface area contributed by atoms with E-state index in [0.29, 0.717) is 29.8 Å². The van der Waals surface area contributed by atoms with Crippen LogP contribution < -0.4 is 9.62 Å². The highest BCUT2D eigenvalue weighted by Crippen LogP contribution is 2.23. The number of hydrogen-bond donors (Lipinski definition) is 1. The van der Waals surface area contributed by atoms with Gasteiger partial charge in [-0.15, -0.1) is 0 Å². The Labute approximate surface area is 195 Å². The van der Waals surface area contributed by atoms with Gasteiger partial charge in [0.15, 0.2) is 0 Å². The summed E-state index contributed by atoms with van der Waals surface area (Å²) in [6.45, 7) is 5.53. The predicted octanol–water partition coefficient (Wildman–Crippen LogP) is 3.23. The third-order valence-electron chi connectivity index (χ3n) is 5.26. The van der Waals surface area contributed by atoms with E-state index in [1.54, 1.807) is 50.2 Å². The lowest BCUT2D eigenvalue weighted by Crippen LogP contribution is -2.52. The summed E-state index contributed by atoms with van der Waals surface area (Å²) in [5.41, 5.74) is 1.74. The zero-order valence-electron chi connectivity index (χ0n) is 19.5. The standard InChI is InChI=1S/C24H32FN3O4S/c1-5-15-26-24(30)21(6-2)27(16-19-11-13-20(25)14-12-19)23(29)17-28(33(4,31)32)22-10-8-7-9-18(22)3/h7-14,21H,5-6,15-17H2,1-4H3,(H,26,30)/t21-/m1/s1. The fourth-order valence-corrected chi connectivity index (χ4v) is 4.42. The van der Waals surface area contributed by atoms with Crippen molar-refractivity contribution in [2.75, 3.05) is 23.7 Å². The minimum Gasteiger partial charge on any atom is -0.354 e. The Hall–Kier alpha value is -2.94.